The van der Waals surface area contributed by atoms with Crippen LogP contribution in [0.15, 0.2) is 42.5 Å². The molecule has 7 heteroatoms. The van der Waals surface area contributed by atoms with Gasteiger partial charge >= 0.3 is 6.03 Å². The molecule has 0 spiro atoms. The molecule has 2 amide bonds. The number of nitrogens with zero attached hydrogens (tertiary/aromatic N) is 3. The molecule has 1 heterocycles. The van der Waals surface area contributed by atoms with Crippen LogP contribution in [0.4, 0.5) is 20.6 Å². The van der Waals surface area contributed by atoms with Crippen LogP contribution in [0.5, 0.6) is 5.75 Å². The maximum Gasteiger partial charge on any atom is 0.321 e. The molecule has 1 aliphatic rings. The number of hydrogen-bond donors (Lipinski definition) is 1. The summed E-state index contributed by atoms with van der Waals surface area (Å²) in [6, 6.07) is 12.1. The normalized spacial score (nSPS) is 14.6. The molecule has 29 heavy (non-hydrogen) atoms. The van der Waals surface area contributed by atoms with E-state index in [1.54, 1.807) is 25.2 Å². The summed E-state index contributed by atoms with van der Waals surface area (Å²) in [6.07, 6.45) is 0. The van der Waals surface area contributed by atoms with E-state index in [1.807, 2.05) is 13.0 Å². The number of amides is 2. The standard InChI is InChI=1S/C22H29FN4O2/c1-17-16-18(27-12-10-25(2)11-13-27)8-9-20(17)24-22(28)26(3)14-15-29-21-7-5-4-6-19(21)23/h4-9,16H,10-15H2,1-3H3,(H,24,28). The number of rotatable bonds is 6. The number of para-hydroxylation sites is 1. The minimum absolute atomic E-state index is 0.191. The number of halogens is 1. The van der Waals surface area contributed by atoms with Gasteiger partial charge < -0.3 is 24.8 Å². The molecule has 0 radical (unpaired) electrons. The van der Waals surface area contributed by atoms with E-state index in [9.17, 15) is 9.18 Å². The first kappa shape index (κ1) is 20.9. The smallest absolute Gasteiger partial charge is 0.321 e. The van der Waals surface area contributed by atoms with Gasteiger partial charge in [-0.25, -0.2) is 9.18 Å². The lowest BCUT2D eigenvalue weighted by molar-refractivity contribution is 0.206. The quantitative estimate of drug-likeness (QED) is 0.807. The van der Waals surface area contributed by atoms with Gasteiger partial charge in [-0.2, -0.15) is 0 Å². The number of urea groups is 1. The molecule has 1 aliphatic heterocycles. The summed E-state index contributed by atoms with van der Waals surface area (Å²) in [6.45, 7) is 6.68. The highest BCUT2D eigenvalue weighted by molar-refractivity contribution is 5.90. The third-order valence-corrected chi connectivity index (χ3v) is 5.19. The molecule has 0 bridgehead atoms. The molecule has 0 aromatic heterocycles. The molecule has 3 rings (SSSR count). The van der Waals surface area contributed by atoms with Crippen LogP contribution >= 0.6 is 0 Å². The van der Waals surface area contributed by atoms with E-state index in [4.69, 9.17) is 4.74 Å². The highest BCUT2D eigenvalue weighted by Gasteiger charge is 2.16. The third kappa shape index (κ3) is 5.60. The molecular formula is C22H29FN4O2. The number of ether oxygens (including phenoxy) is 1. The largest absolute Gasteiger partial charge is 0.489 e. The summed E-state index contributed by atoms with van der Waals surface area (Å²) < 4.78 is 19.0. The molecule has 0 atom stereocenters. The highest BCUT2D eigenvalue weighted by atomic mass is 19.1. The Bertz CT molecular complexity index is 837. The molecule has 2 aromatic carbocycles. The van der Waals surface area contributed by atoms with Crippen molar-refractivity contribution in [1.29, 1.82) is 0 Å². The molecule has 0 saturated carbocycles. The molecule has 1 fully saturated rings. The number of anilines is 2. The Labute approximate surface area is 171 Å². The number of aryl methyl sites for hydroxylation is 1. The second kappa shape index (κ2) is 9.60. The van der Waals surface area contributed by atoms with Crippen LogP contribution in [0.2, 0.25) is 0 Å². The van der Waals surface area contributed by atoms with Crippen molar-refractivity contribution >= 4 is 17.4 Å². The van der Waals surface area contributed by atoms with E-state index >= 15 is 0 Å². The summed E-state index contributed by atoms with van der Waals surface area (Å²) in [4.78, 5) is 18.7. The molecule has 156 valence electrons. The lowest BCUT2D eigenvalue weighted by Crippen LogP contribution is -2.44. The molecule has 0 unspecified atom stereocenters. The van der Waals surface area contributed by atoms with Crippen molar-refractivity contribution in [3.63, 3.8) is 0 Å². The molecular weight excluding hydrogens is 371 g/mol. The average molecular weight is 400 g/mol. The number of nitrogens with one attached hydrogen (secondary N) is 1. The van der Waals surface area contributed by atoms with Gasteiger partial charge in [-0.1, -0.05) is 12.1 Å². The maximum absolute atomic E-state index is 13.6. The number of carbonyl (C=O) groups is 1. The van der Waals surface area contributed by atoms with Gasteiger partial charge in [-0.05, 0) is 49.9 Å². The van der Waals surface area contributed by atoms with Crippen molar-refractivity contribution in [2.24, 2.45) is 0 Å². The fraction of sp³-hybridized carbons (Fsp3) is 0.409. The highest BCUT2D eigenvalue weighted by Crippen LogP contribution is 2.24. The predicted octanol–water partition coefficient (Wildman–Crippen LogP) is 3.43. The minimum atomic E-state index is -0.407. The summed E-state index contributed by atoms with van der Waals surface area (Å²) in [5.41, 5.74) is 2.99. The van der Waals surface area contributed by atoms with Crippen molar-refractivity contribution in [2.45, 2.75) is 6.92 Å². The number of piperazine rings is 1. The molecule has 2 aromatic rings. The summed E-state index contributed by atoms with van der Waals surface area (Å²) >= 11 is 0. The number of carbonyl (C=O) groups excluding carboxylic acids is 1. The van der Waals surface area contributed by atoms with Crippen LogP contribution in [-0.4, -0.2) is 69.3 Å². The van der Waals surface area contributed by atoms with Crippen molar-refractivity contribution in [1.82, 2.24) is 9.80 Å². The molecule has 0 aliphatic carbocycles. The summed E-state index contributed by atoms with van der Waals surface area (Å²) in [7, 11) is 3.83. The Hall–Kier alpha value is -2.80. The van der Waals surface area contributed by atoms with Gasteiger partial charge in [0.05, 0.1) is 6.54 Å². The third-order valence-electron chi connectivity index (χ3n) is 5.19. The maximum atomic E-state index is 13.6. The van der Waals surface area contributed by atoms with Crippen molar-refractivity contribution < 1.29 is 13.9 Å². The Kier molecular flexibility index (Phi) is 6.93. The van der Waals surface area contributed by atoms with Gasteiger partial charge in [-0.3, -0.25) is 0 Å². The minimum Gasteiger partial charge on any atom is -0.489 e. The zero-order valence-electron chi connectivity index (χ0n) is 17.3. The van der Waals surface area contributed by atoms with Gasteiger partial charge in [0, 0.05) is 44.6 Å². The van der Waals surface area contributed by atoms with Crippen molar-refractivity contribution in [3.05, 3.63) is 53.8 Å². The summed E-state index contributed by atoms with van der Waals surface area (Å²) in [5.74, 6) is -0.215. The molecule has 1 N–H and O–H groups in total. The van der Waals surface area contributed by atoms with E-state index in [1.165, 1.54) is 16.7 Å². The first-order valence-electron chi connectivity index (χ1n) is 9.87. The fourth-order valence-electron chi connectivity index (χ4n) is 3.22. The van der Waals surface area contributed by atoms with Crippen LogP contribution in [0.3, 0.4) is 0 Å². The monoisotopic (exact) mass is 400 g/mol. The van der Waals surface area contributed by atoms with Gasteiger partial charge in [0.25, 0.3) is 0 Å². The van der Waals surface area contributed by atoms with E-state index in [0.717, 1.165) is 37.4 Å². The second-order valence-corrected chi connectivity index (χ2v) is 7.42. The Morgan fingerprint density at radius 1 is 1.17 bits per heavy atom. The number of benzene rings is 2. The second-order valence-electron chi connectivity index (χ2n) is 7.42. The van der Waals surface area contributed by atoms with Crippen LogP contribution in [-0.2, 0) is 0 Å². The van der Waals surface area contributed by atoms with Crippen LogP contribution in [0, 0.1) is 12.7 Å². The van der Waals surface area contributed by atoms with E-state index < -0.39 is 5.82 Å². The van der Waals surface area contributed by atoms with Crippen LogP contribution < -0.4 is 15.0 Å². The van der Waals surface area contributed by atoms with Crippen molar-refractivity contribution in [2.75, 3.05) is 63.6 Å². The van der Waals surface area contributed by atoms with E-state index in [-0.39, 0.29) is 18.4 Å². The fourth-order valence-corrected chi connectivity index (χ4v) is 3.22. The van der Waals surface area contributed by atoms with Crippen LogP contribution in [0.1, 0.15) is 5.56 Å². The molecule has 1 saturated heterocycles. The van der Waals surface area contributed by atoms with Gasteiger partial charge in [0.1, 0.15) is 6.61 Å². The summed E-state index contributed by atoms with van der Waals surface area (Å²) in [5, 5.41) is 2.94. The lowest BCUT2D eigenvalue weighted by atomic mass is 10.1. The Morgan fingerprint density at radius 2 is 1.90 bits per heavy atom. The Balaban J connectivity index is 1.51. The van der Waals surface area contributed by atoms with Gasteiger partial charge in [0.15, 0.2) is 11.6 Å². The predicted molar refractivity (Wildman–Crippen MR) is 114 cm³/mol. The van der Waals surface area contributed by atoms with E-state index in [0.29, 0.717) is 6.54 Å². The zero-order valence-corrected chi connectivity index (χ0v) is 17.3. The van der Waals surface area contributed by atoms with E-state index in [2.05, 4.69) is 34.3 Å². The van der Waals surface area contributed by atoms with Gasteiger partial charge in [0.2, 0.25) is 0 Å². The van der Waals surface area contributed by atoms with Crippen molar-refractivity contribution in [3.8, 4) is 5.75 Å². The molecule has 6 nitrogen and oxygen atoms in total. The average Bonchev–Trinajstić information content (AvgIpc) is 2.71. The lowest BCUT2D eigenvalue weighted by Gasteiger charge is -2.34. The Morgan fingerprint density at radius 3 is 2.59 bits per heavy atom. The zero-order chi connectivity index (χ0) is 20.8. The first-order valence-corrected chi connectivity index (χ1v) is 9.87. The topological polar surface area (TPSA) is 48.0 Å². The SMILES string of the molecule is Cc1cc(N2CCN(C)CC2)ccc1NC(=O)N(C)CCOc1ccccc1F. The van der Waals surface area contributed by atoms with Crippen LogP contribution in [0.25, 0.3) is 0 Å². The first-order chi connectivity index (χ1) is 13.9. The number of hydrogen-bond acceptors (Lipinski definition) is 4. The number of likely N-dealkylation sites (N-methyl/N-ethyl adjacent to an activating group) is 2. The van der Waals surface area contributed by atoms with Gasteiger partial charge in [-0.15, -0.1) is 0 Å².